The largest absolute Gasteiger partial charge is 0.381 e. The maximum atomic E-state index is 13.9. The highest BCUT2D eigenvalue weighted by atomic mass is 16.5. The van der Waals surface area contributed by atoms with Gasteiger partial charge in [0.25, 0.3) is 0 Å². The summed E-state index contributed by atoms with van der Waals surface area (Å²) in [4.78, 5) is 20.4. The molecule has 0 bridgehead atoms. The second kappa shape index (κ2) is 7.94. The number of ether oxygens (including phenoxy) is 1. The average molecular weight is 409 g/mol. The normalized spacial score (nSPS) is 35.5. The zero-order valence-corrected chi connectivity index (χ0v) is 17.9. The van der Waals surface area contributed by atoms with Gasteiger partial charge < -0.3 is 15.0 Å². The molecule has 0 unspecified atom stereocenters. The quantitative estimate of drug-likeness (QED) is 0.832. The van der Waals surface area contributed by atoms with Gasteiger partial charge in [-0.05, 0) is 55.6 Å². The smallest absolute Gasteiger partial charge is 0.229 e. The van der Waals surface area contributed by atoms with E-state index in [1.807, 2.05) is 6.07 Å². The molecule has 1 N–H and O–H groups in total. The van der Waals surface area contributed by atoms with E-state index in [9.17, 15) is 10.1 Å². The van der Waals surface area contributed by atoms with Crippen molar-refractivity contribution in [3.63, 3.8) is 0 Å². The summed E-state index contributed by atoms with van der Waals surface area (Å²) in [5.74, 6) is 1.39. The summed E-state index contributed by atoms with van der Waals surface area (Å²) in [6.45, 7) is 5.29. The first kappa shape index (κ1) is 20.0. The van der Waals surface area contributed by atoms with E-state index in [4.69, 9.17) is 4.74 Å². The van der Waals surface area contributed by atoms with Gasteiger partial charge in [0.05, 0.1) is 17.6 Å². The van der Waals surface area contributed by atoms with Crippen LogP contribution in [-0.4, -0.2) is 47.6 Å². The number of nitrogens with zero attached hydrogens (tertiary/aromatic N) is 3. The maximum absolute atomic E-state index is 13.9. The standard InChI is InChI=1S/C24H32N4O2/c1-16-15-30-8-5-21(16)27-20-10-19-3-2-6-24(19,11-20)23(29)28-7-4-22-18(14-28)9-17(12-25)13-26-22/h9,13,16,19-21,27H,2-8,10-11,14-15H2,1H3/t16-,19-,20-,21+,24-/m1/s1. The topological polar surface area (TPSA) is 78.2 Å². The minimum absolute atomic E-state index is 0.191. The Hall–Kier alpha value is -1.97. The summed E-state index contributed by atoms with van der Waals surface area (Å²) in [6.07, 6.45) is 8.97. The summed E-state index contributed by atoms with van der Waals surface area (Å²) in [7, 11) is 0. The lowest BCUT2D eigenvalue weighted by Gasteiger charge is -2.37. The zero-order valence-electron chi connectivity index (χ0n) is 17.9. The van der Waals surface area contributed by atoms with E-state index in [1.165, 1.54) is 12.8 Å². The van der Waals surface area contributed by atoms with Crippen molar-refractivity contribution in [2.24, 2.45) is 17.3 Å². The summed E-state index contributed by atoms with van der Waals surface area (Å²) >= 11 is 0. The maximum Gasteiger partial charge on any atom is 0.229 e. The molecule has 1 saturated heterocycles. The van der Waals surface area contributed by atoms with E-state index >= 15 is 0 Å². The van der Waals surface area contributed by atoms with Crippen LogP contribution in [0, 0.1) is 28.6 Å². The Morgan fingerprint density at radius 1 is 1.43 bits per heavy atom. The van der Waals surface area contributed by atoms with Gasteiger partial charge in [-0.2, -0.15) is 5.26 Å². The van der Waals surface area contributed by atoms with Gasteiger partial charge in [0.1, 0.15) is 6.07 Å². The van der Waals surface area contributed by atoms with Crippen molar-refractivity contribution < 1.29 is 9.53 Å². The highest BCUT2D eigenvalue weighted by molar-refractivity contribution is 5.84. The molecule has 5 atom stereocenters. The molecule has 0 aromatic carbocycles. The van der Waals surface area contributed by atoms with Crippen LogP contribution in [0.25, 0.3) is 0 Å². The van der Waals surface area contributed by atoms with E-state index in [-0.39, 0.29) is 5.41 Å². The molecule has 2 saturated carbocycles. The third-order valence-electron chi connectivity index (χ3n) is 8.11. The Balaban J connectivity index is 1.31. The van der Waals surface area contributed by atoms with Gasteiger partial charge in [0.2, 0.25) is 5.91 Å². The molecule has 0 radical (unpaired) electrons. The highest BCUT2D eigenvalue weighted by Crippen LogP contribution is 2.55. The number of nitrogens with one attached hydrogen (secondary N) is 1. The third-order valence-corrected chi connectivity index (χ3v) is 8.11. The van der Waals surface area contributed by atoms with E-state index < -0.39 is 0 Å². The van der Waals surface area contributed by atoms with Crippen LogP contribution < -0.4 is 5.32 Å². The molecule has 3 heterocycles. The van der Waals surface area contributed by atoms with Gasteiger partial charge in [-0.15, -0.1) is 0 Å². The number of pyridine rings is 1. The van der Waals surface area contributed by atoms with Crippen LogP contribution in [0.15, 0.2) is 12.3 Å². The van der Waals surface area contributed by atoms with Crippen molar-refractivity contribution in [1.29, 1.82) is 5.26 Å². The minimum atomic E-state index is -0.191. The molecule has 6 heteroatoms. The Bertz CT molecular complexity index is 865. The molecule has 5 rings (SSSR count). The van der Waals surface area contributed by atoms with Gasteiger partial charge in [-0.3, -0.25) is 9.78 Å². The number of hydrogen-bond donors (Lipinski definition) is 1. The highest BCUT2D eigenvalue weighted by Gasteiger charge is 2.56. The molecule has 30 heavy (non-hydrogen) atoms. The fraction of sp³-hybridized carbons (Fsp3) is 0.708. The van der Waals surface area contributed by atoms with Crippen molar-refractivity contribution >= 4 is 5.91 Å². The minimum Gasteiger partial charge on any atom is -0.381 e. The third kappa shape index (κ3) is 3.42. The molecular weight excluding hydrogens is 376 g/mol. The summed E-state index contributed by atoms with van der Waals surface area (Å²) in [5.41, 5.74) is 2.47. The van der Waals surface area contributed by atoms with Crippen molar-refractivity contribution in [2.75, 3.05) is 19.8 Å². The first-order valence-corrected chi connectivity index (χ1v) is 11.6. The predicted octanol–water partition coefficient (Wildman–Crippen LogP) is 2.80. The van der Waals surface area contributed by atoms with Gasteiger partial charge in [0, 0.05) is 50.1 Å². The van der Waals surface area contributed by atoms with Crippen molar-refractivity contribution in [3.8, 4) is 6.07 Å². The van der Waals surface area contributed by atoms with Gasteiger partial charge >= 0.3 is 0 Å². The van der Waals surface area contributed by atoms with Gasteiger partial charge in [-0.25, -0.2) is 0 Å². The number of rotatable bonds is 3. The number of hydrogen-bond acceptors (Lipinski definition) is 5. The van der Waals surface area contributed by atoms with Crippen LogP contribution >= 0.6 is 0 Å². The lowest BCUT2D eigenvalue weighted by Crippen LogP contribution is -2.48. The Labute approximate surface area is 179 Å². The molecule has 1 amide bonds. The number of amides is 1. The molecule has 2 aliphatic heterocycles. The molecule has 6 nitrogen and oxygen atoms in total. The van der Waals surface area contributed by atoms with Crippen LogP contribution in [0.2, 0.25) is 0 Å². The zero-order chi connectivity index (χ0) is 20.7. The summed E-state index contributed by atoms with van der Waals surface area (Å²) in [5, 5.41) is 13.1. The summed E-state index contributed by atoms with van der Waals surface area (Å²) in [6, 6.07) is 5.04. The van der Waals surface area contributed by atoms with Crippen molar-refractivity contribution in [3.05, 3.63) is 29.1 Å². The molecular formula is C24H32N4O2. The SMILES string of the molecule is C[C@@H]1COCC[C@@H]1N[C@@H]1C[C@H]2CCC[C@@]2(C(=O)N2CCc3ncc(C#N)cc3C2)C1. The first-order chi connectivity index (χ1) is 14.6. The van der Waals surface area contributed by atoms with Crippen LogP contribution in [0.5, 0.6) is 0 Å². The molecule has 2 aliphatic carbocycles. The average Bonchev–Trinajstić information content (AvgIpc) is 3.32. The predicted molar refractivity (Wildman–Crippen MR) is 112 cm³/mol. The Morgan fingerprint density at radius 3 is 3.17 bits per heavy atom. The second-order valence-corrected chi connectivity index (χ2v) is 9.91. The number of carbonyl (C=O) groups excluding carboxylic acids is 1. The molecule has 1 aromatic rings. The van der Waals surface area contributed by atoms with E-state index in [1.54, 1.807) is 6.20 Å². The number of nitriles is 1. The van der Waals surface area contributed by atoms with E-state index in [2.05, 4.69) is 28.2 Å². The first-order valence-electron chi connectivity index (χ1n) is 11.6. The lowest BCUT2D eigenvalue weighted by atomic mass is 9.78. The van der Waals surface area contributed by atoms with Crippen LogP contribution in [-0.2, 0) is 22.5 Å². The number of carbonyl (C=O) groups is 1. The van der Waals surface area contributed by atoms with Crippen molar-refractivity contribution in [1.82, 2.24) is 15.2 Å². The van der Waals surface area contributed by atoms with Crippen LogP contribution in [0.1, 0.15) is 62.3 Å². The van der Waals surface area contributed by atoms with Gasteiger partial charge in [0.15, 0.2) is 0 Å². The molecule has 1 aromatic heterocycles. The molecule has 3 fully saturated rings. The second-order valence-electron chi connectivity index (χ2n) is 9.91. The van der Waals surface area contributed by atoms with Crippen molar-refractivity contribution in [2.45, 2.75) is 70.5 Å². The molecule has 0 spiro atoms. The number of fused-ring (bicyclic) bond motifs is 2. The molecule has 4 aliphatic rings. The van der Waals surface area contributed by atoms with Gasteiger partial charge in [-0.1, -0.05) is 13.3 Å². The Kier molecular flexibility index (Phi) is 5.28. The summed E-state index contributed by atoms with van der Waals surface area (Å²) < 4.78 is 5.61. The number of aromatic nitrogens is 1. The monoisotopic (exact) mass is 408 g/mol. The van der Waals surface area contributed by atoms with E-state index in [0.29, 0.717) is 41.9 Å². The molecule has 160 valence electrons. The van der Waals surface area contributed by atoms with Crippen LogP contribution in [0.4, 0.5) is 0 Å². The Morgan fingerprint density at radius 2 is 2.33 bits per heavy atom. The fourth-order valence-corrected chi connectivity index (χ4v) is 6.52. The lowest BCUT2D eigenvalue weighted by molar-refractivity contribution is -0.144. The van der Waals surface area contributed by atoms with Crippen LogP contribution in [0.3, 0.4) is 0 Å². The fourth-order valence-electron chi connectivity index (χ4n) is 6.52. The van der Waals surface area contributed by atoms with E-state index in [0.717, 1.165) is 63.1 Å².